The van der Waals surface area contributed by atoms with Crippen LogP contribution in [0.1, 0.15) is 55.5 Å². The predicted octanol–water partition coefficient (Wildman–Crippen LogP) is 3.64. The van der Waals surface area contributed by atoms with E-state index in [0.717, 1.165) is 5.65 Å². The molecule has 2 heterocycles. The number of aromatic nitrogens is 2. The van der Waals surface area contributed by atoms with Gasteiger partial charge in [0.2, 0.25) is 0 Å². The van der Waals surface area contributed by atoms with Crippen molar-refractivity contribution >= 4 is 5.65 Å². The number of aryl methyl sites for hydroxylation is 1. The molecule has 0 spiro atoms. The average Bonchev–Trinajstić information content (AvgIpc) is 2.66. The first-order chi connectivity index (χ1) is 7.68. The second kappa shape index (κ2) is 3.34. The highest BCUT2D eigenvalue weighted by molar-refractivity contribution is 5.52. The van der Waals surface area contributed by atoms with Crippen LogP contribution in [0.3, 0.4) is 0 Å². The Balaban J connectivity index is 2.37. The smallest absolute Gasteiger partial charge is 0.140 e. The highest BCUT2D eigenvalue weighted by Crippen LogP contribution is 2.38. The van der Waals surface area contributed by atoms with Crippen LogP contribution in [0.25, 0.3) is 5.65 Å². The Morgan fingerprint density at radius 1 is 1.25 bits per heavy atom. The molecule has 0 radical (unpaired) electrons. The Hall–Kier alpha value is -1.31. The van der Waals surface area contributed by atoms with Crippen molar-refractivity contribution in [3.8, 4) is 0 Å². The molecule has 1 aliphatic rings. The Morgan fingerprint density at radius 3 is 2.81 bits per heavy atom. The molecule has 16 heavy (non-hydrogen) atoms. The number of fused-ring (bicyclic) bond motifs is 3. The molecule has 2 aromatic rings. The van der Waals surface area contributed by atoms with Gasteiger partial charge in [-0.2, -0.15) is 0 Å². The molecule has 0 aliphatic heterocycles. The van der Waals surface area contributed by atoms with Crippen LogP contribution in [0.4, 0.5) is 0 Å². The molecule has 0 saturated heterocycles. The molecule has 0 aromatic carbocycles. The maximum absolute atomic E-state index is 4.85. The summed E-state index contributed by atoms with van der Waals surface area (Å²) in [5.41, 5.74) is 5.19. The minimum Gasteiger partial charge on any atom is -0.303 e. The summed E-state index contributed by atoms with van der Waals surface area (Å²) in [5.74, 6) is 1.26. The number of nitrogens with zero attached hydrogens (tertiary/aromatic N) is 2. The summed E-state index contributed by atoms with van der Waals surface area (Å²) in [6.07, 6.45) is 4.72. The van der Waals surface area contributed by atoms with Crippen LogP contribution in [0.15, 0.2) is 18.3 Å². The van der Waals surface area contributed by atoms with E-state index in [1.165, 1.54) is 29.8 Å². The molecule has 84 valence electrons. The van der Waals surface area contributed by atoms with Gasteiger partial charge >= 0.3 is 0 Å². The fourth-order valence-corrected chi connectivity index (χ4v) is 2.87. The monoisotopic (exact) mass is 214 g/mol. The van der Waals surface area contributed by atoms with E-state index in [1.54, 1.807) is 0 Å². The Labute approximate surface area is 96.3 Å². The minimum absolute atomic E-state index is 0.616. The number of hydrogen-bond acceptors (Lipinski definition) is 1. The van der Waals surface area contributed by atoms with Gasteiger partial charge in [-0.15, -0.1) is 0 Å². The average molecular weight is 214 g/mol. The molecular weight excluding hydrogens is 196 g/mol. The van der Waals surface area contributed by atoms with Gasteiger partial charge in [-0.3, -0.25) is 0 Å². The third kappa shape index (κ3) is 1.22. The lowest BCUT2D eigenvalue weighted by Crippen LogP contribution is -2.11. The van der Waals surface area contributed by atoms with Crippen LogP contribution in [-0.2, 0) is 0 Å². The molecule has 0 bridgehead atoms. The van der Waals surface area contributed by atoms with Crippen LogP contribution in [0.5, 0.6) is 0 Å². The SMILES string of the molecule is Cc1cccn2c3c(nc12)C(C)CCC3C. The van der Waals surface area contributed by atoms with Crippen LogP contribution in [0.2, 0.25) is 0 Å². The Kier molecular flexibility index (Phi) is 2.06. The van der Waals surface area contributed by atoms with Crippen molar-refractivity contribution < 1.29 is 0 Å². The standard InChI is InChI=1S/C14H18N2/c1-9-6-7-10(2)13-12(9)15-14-11(3)5-4-8-16(13)14/h4-5,8-10H,6-7H2,1-3H3. The summed E-state index contributed by atoms with van der Waals surface area (Å²) in [7, 11) is 0. The van der Waals surface area contributed by atoms with Gasteiger partial charge in [0.15, 0.2) is 0 Å². The van der Waals surface area contributed by atoms with Crippen molar-refractivity contribution in [2.75, 3.05) is 0 Å². The summed E-state index contributed by atoms with van der Waals surface area (Å²) in [4.78, 5) is 4.85. The topological polar surface area (TPSA) is 17.3 Å². The molecule has 2 nitrogen and oxygen atoms in total. The molecule has 0 fully saturated rings. The summed E-state index contributed by atoms with van der Waals surface area (Å²) < 4.78 is 2.30. The van der Waals surface area contributed by atoms with E-state index in [1.807, 2.05) is 0 Å². The van der Waals surface area contributed by atoms with Gasteiger partial charge in [0, 0.05) is 17.8 Å². The summed E-state index contributed by atoms with van der Waals surface area (Å²) >= 11 is 0. The molecule has 0 N–H and O–H groups in total. The molecule has 2 aromatic heterocycles. The van der Waals surface area contributed by atoms with Crippen molar-refractivity contribution in [3.05, 3.63) is 35.3 Å². The van der Waals surface area contributed by atoms with Gasteiger partial charge in [-0.1, -0.05) is 19.9 Å². The van der Waals surface area contributed by atoms with Gasteiger partial charge in [-0.05, 0) is 37.3 Å². The van der Waals surface area contributed by atoms with Crippen LogP contribution in [0, 0.1) is 6.92 Å². The van der Waals surface area contributed by atoms with Crippen LogP contribution >= 0.6 is 0 Å². The molecule has 2 atom stereocenters. The van der Waals surface area contributed by atoms with Crippen molar-refractivity contribution in [2.24, 2.45) is 0 Å². The van der Waals surface area contributed by atoms with Crippen molar-refractivity contribution in [3.63, 3.8) is 0 Å². The number of hydrogen-bond donors (Lipinski definition) is 0. The number of rotatable bonds is 0. The lowest BCUT2D eigenvalue weighted by Gasteiger charge is -2.23. The summed E-state index contributed by atoms with van der Waals surface area (Å²) in [6.45, 7) is 6.76. The van der Waals surface area contributed by atoms with Crippen LogP contribution < -0.4 is 0 Å². The molecule has 1 aliphatic carbocycles. The first-order valence-electron chi connectivity index (χ1n) is 6.16. The zero-order valence-corrected chi connectivity index (χ0v) is 10.2. The lowest BCUT2D eigenvalue weighted by molar-refractivity contribution is 0.508. The van der Waals surface area contributed by atoms with Crippen molar-refractivity contribution in [2.45, 2.75) is 45.4 Å². The third-order valence-electron chi connectivity index (χ3n) is 3.88. The van der Waals surface area contributed by atoms with Crippen LogP contribution in [-0.4, -0.2) is 9.38 Å². The lowest BCUT2D eigenvalue weighted by atomic mass is 9.85. The second-order valence-corrected chi connectivity index (χ2v) is 5.15. The van der Waals surface area contributed by atoms with Gasteiger partial charge in [0.1, 0.15) is 5.65 Å². The zero-order chi connectivity index (χ0) is 11.3. The van der Waals surface area contributed by atoms with Crippen molar-refractivity contribution in [1.82, 2.24) is 9.38 Å². The largest absolute Gasteiger partial charge is 0.303 e. The van der Waals surface area contributed by atoms with Gasteiger partial charge in [0.05, 0.1) is 5.69 Å². The fraction of sp³-hybridized carbons (Fsp3) is 0.500. The molecule has 2 unspecified atom stereocenters. The second-order valence-electron chi connectivity index (χ2n) is 5.15. The minimum atomic E-state index is 0.616. The third-order valence-corrected chi connectivity index (χ3v) is 3.88. The summed E-state index contributed by atoms with van der Waals surface area (Å²) in [5, 5.41) is 0. The van der Waals surface area contributed by atoms with E-state index < -0.39 is 0 Å². The van der Waals surface area contributed by atoms with E-state index in [2.05, 4.69) is 43.5 Å². The Morgan fingerprint density at radius 2 is 2.00 bits per heavy atom. The van der Waals surface area contributed by atoms with E-state index in [9.17, 15) is 0 Å². The first kappa shape index (κ1) is 9.88. The zero-order valence-electron chi connectivity index (χ0n) is 10.2. The van der Waals surface area contributed by atoms with Gasteiger partial charge in [-0.25, -0.2) is 4.98 Å². The molecule has 3 rings (SSSR count). The van der Waals surface area contributed by atoms with Gasteiger partial charge < -0.3 is 4.40 Å². The number of imidazole rings is 1. The molecule has 0 saturated carbocycles. The maximum Gasteiger partial charge on any atom is 0.140 e. The Bertz CT molecular complexity index is 539. The quantitative estimate of drug-likeness (QED) is 0.654. The van der Waals surface area contributed by atoms with E-state index >= 15 is 0 Å². The van der Waals surface area contributed by atoms with E-state index in [-0.39, 0.29) is 0 Å². The summed E-state index contributed by atoms with van der Waals surface area (Å²) in [6, 6.07) is 4.26. The molecule has 0 amide bonds. The highest BCUT2D eigenvalue weighted by atomic mass is 15.0. The van der Waals surface area contributed by atoms with Gasteiger partial charge in [0.25, 0.3) is 0 Å². The fourth-order valence-electron chi connectivity index (χ4n) is 2.87. The van der Waals surface area contributed by atoms with E-state index in [0.29, 0.717) is 11.8 Å². The molecule has 2 heteroatoms. The number of pyridine rings is 1. The normalized spacial score (nSPS) is 24.7. The predicted molar refractivity (Wildman–Crippen MR) is 66.0 cm³/mol. The molecular formula is C14H18N2. The first-order valence-corrected chi connectivity index (χ1v) is 6.16. The maximum atomic E-state index is 4.85. The van der Waals surface area contributed by atoms with Crippen molar-refractivity contribution in [1.29, 1.82) is 0 Å². The van der Waals surface area contributed by atoms with E-state index in [4.69, 9.17) is 4.98 Å². The highest BCUT2D eigenvalue weighted by Gasteiger charge is 2.27.